The quantitative estimate of drug-likeness (QED) is 0.409. The zero-order chi connectivity index (χ0) is 26.4. The molecule has 0 radical (unpaired) electrons. The van der Waals surface area contributed by atoms with Gasteiger partial charge >= 0.3 is 0 Å². The molecule has 1 heterocycles. The fraction of sp³-hybridized carbons (Fsp3) is 0.333. The molecule has 1 saturated heterocycles. The molecule has 0 aromatic heterocycles. The van der Waals surface area contributed by atoms with E-state index in [1.165, 1.54) is 10.5 Å². The van der Waals surface area contributed by atoms with Crippen molar-refractivity contribution in [1.82, 2.24) is 10.2 Å². The summed E-state index contributed by atoms with van der Waals surface area (Å²) in [6.07, 6.45) is 2.93. The number of hydrogen-bond acceptors (Lipinski definition) is 2. The molecule has 194 valence electrons. The van der Waals surface area contributed by atoms with Crippen LogP contribution < -0.4 is 5.32 Å². The molecule has 7 heteroatoms. The van der Waals surface area contributed by atoms with Gasteiger partial charge in [-0.3, -0.25) is 9.59 Å². The topological polar surface area (TPSA) is 49.4 Å². The molecule has 0 aliphatic carbocycles. The van der Waals surface area contributed by atoms with E-state index in [4.69, 9.17) is 0 Å². The maximum Gasteiger partial charge on any atom is 0.256 e. The van der Waals surface area contributed by atoms with Gasteiger partial charge in [-0.1, -0.05) is 61.5 Å². The van der Waals surface area contributed by atoms with E-state index in [2.05, 4.69) is 36.5 Å². The van der Waals surface area contributed by atoms with Gasteiger partial charge in [0.25, 0.3) is 5.91 Å². The molecule has 0 saturated carbocycles. The van der Waals surface area contributed by atoms with Gasteiger partial charge in [0.2, 0.25) is 5.91 Å². The van der Waals surface area contributed by atoms with Gasteiger partial charge in [0.15, 0.2) is 11.6 Å². The summed E-state index contributed by atoms with van der Waals surface area (Å²) in [6, 6.07) is 19.0. The highest BCUT2D eigenvalue weighted by molar-refractivity contribution is 5.95. The molecule has 37 heavy (non-hydrogen) atoms. The second-order valence-corrected chi connectivity index (χ2v) is 9.66. The van der Waals surface area contributed by atoms with Gasteiger partial charge in [0.05, 0.1) is 11.0 Å². The van der Waals surface area contributed by atoms with Crippen LogP contribution in [0, 0.1) is 22.9 Å². The third kappa shape index (κ3) is 6.21. The van der Waals surface area contributed by atoms with Crippen LogP contribution in [0.5, 0.6) is 0 Å². The van der Waals surface area contributed by atoms with Crippen LogP contribution in [0.4, 0.5) is 13.2 Å². The molecule has 3 aromatic carbocycles. The number of rotatable bonds is 8. The van der Waals surface area contributed by atoms with E-state index in [1.807, 2.05) is 30.3 Å². The van der Waals surface area contributed by atoms with Crippen molar-refractivity contribution in [3.05, 3.63) is 106 Å². The maximum atomic E-state index is 14.2. The predicted molar refractivity (Wildman–Crippen MR) is 137 cm³/mol. The molecule has 4 nitrogen and oxygen atoms in total. The highest BCUT2D eigenvalue weighted by atomic mass is 19.2. The Labute approximate surface area is 215 Å². The van der Waals surface area contributed by atoms with Crippen molar-refractivity contribution in [2.75, 3.05) is 19.6 Å². The van der Waals surface area contributed by atoms with Crippen LogP contribution in [-0.4, -0.2) is 36.3 Å². The standard InChI is InChI=1S/C30H31F3N2O2/c1-2-21-8-10-22(11-9-21)12-15-34-29(37)30(20-23-6-4-3-5-7-23)13-16-35(17-14-30)28(36)24-18-26(32)27(33)19-25(24)31/h3-11,18-19H,2,12-17,20H2,1H3,(H,34,37). The van der Waals surface area contributed by atoms with Gasteiger partial charge in [-0.2, -0.15) is 0 Å². The summed E-state index contributed by atoms with van der Waals surface area (Å²) in [7, 11) is 0. The summed E-state index contributed by atoms with van der Waals surface area (Å²) < 4.78 is 41.2. The number of carbonyl (C=O) groups excluding carboxylic acids is 2. The number of carbonyl (C=O) groups is 2. The van der Waals surface area contributed by atoms with Crippen LogP contribution in [0.25, 0.3) is 0 Å². The Kier molecular flexibility index (Phi) is 8.31. The molecule has 1 fully saturated rings. The van der Waals surface area contributed by atoms with Gasteiger partial charge < -0.3 is 10.2 Å². The average molecular weight is 509 g/mol. The van der Waals surface area contributed by atoms with E-state index in [0.717, 1.165) is 17.5 Å². The number of aryl methyl sites for hydroxylation is 1. The summed E-state index contributed by atoms with van der Waals surface area (Å²) in [5.41, 5.74) is 2.17. The fourth-order valence-corrected chi connectivity index (χ4v) is 4.91. The van der Waals surface area contributed by atoms with Crippen molar-refractivity contribution >= 4 is 11.8 Å². The lowest BCUT2D eigenvalue weighted by atomic mass is 9.72. The van der Waals surface area contributed by atoms with Crippen molar-refractivity contribution in [3.8, 4) is 0 Å². The number of benzene rings is 3. The van der Waals surface area contributed by atoms with Crippen LogP contribution in [-0.2, 0) is 24.1 Å². The summed E-state index contributed by atoms with van der Waals surface area (Å²) in [5, 5.41) is 3.10. The second kappa shape index (κ2) is 11.6. The Balaban J connectivity index is 1.45. The minimum atomic E-state index is -1.34. The fourth-order valence-electron chi connectivity index (χ4n) is 4.91. The molecule has 2 amide bonds. The van der Waals surface area contributed by atoms with Crippen LogP contribution in [0.3, 0.4) is 0 Å². The van der Waals surface area contributed by atoms with Crippen molar-refractivity contribution in [3.63, 3.8) is 0 Å². The van der Waals surface area contributed by atoms with Crippen LogP contribution >= 0.6 is 0 Å². The lowest BCUT2D eigenvalue weighted by Crippen LogP contribution is -2.51. The molecule has 4 rings (SSSR count). The Morgan fingerprint density at radius 2 is 1.46 bits per heavy atom. The number of piperidine rings is 1. The summed E-state index contributed by atoms with van der Waals surface area (Å²) in [6.45, 7) is 3.00. The number of halogens is 3. The van der Waals surface area contributed by atoms with E-state index in [9.17, 15) is 22.8 Å². The van der Waals surface area contributed by atoms with Crippen molar-refractivity contribution in [2.45, 2.75) is 39.0 Å². The van der Waals surface area contributed by atoms with Crippen LogP contribution in [0.2, 0.25) is 0 Å². The molecule has 1 aliphatic heterocycles. The van der Waals surface area contributed by atoms with Gasteiger partial charge in [-0.25, -0.2) is 13.2 Å². The zero-order valence-corrected chi connectivity index (χ0v) is 20.9. The number of amides is 2. The van der Waals surface area contributed by atoms with Crippen molar-refractivity contribution in [2.24, 2.45) is 5.41 Å². The number of nitrogens with one attached hydrogen (secondary N) is 1. The Morgan fingerprint density at radius 1 is 0.838 bits per heavy atom. The first kappa shape index (κ1) is 26.5. The maximum absolute atomic E-state index is 14.2. The number of likely N-dealkylation sites (tertiary alicyclic amines) is 1. The summed E-state index contributed by atoms with van der Waals surface area (Å²) in [5.74, 6) is -4.50. The highest BCUT2D eigenvalue weighted by Gasteiger charge is 2.42. The van der Waals surface area contributed by atoms with E-state index >= 15 is 0 Å². The first-order valence-electron chi connectivity index (χ1n) is 12.6. The molecule has 0 unspecified atom stereocenters. The smallest absolute Gasteiger partial charge is 0.256 e. The molecule has 0 bridgehead atoms. The second-order valence-electron chi connectivity index (χ2n) is 9.66. The molecule has 0 atom stereocenters. The normalized spacial score (nSPS) is 14.9. The summed E-state index contributed by atoms with van der Waals surface area (Å²) >= 11 is 0. The first-order chi connectivity index (χ1) is 17.8. The van der Waals surface area contributed by atoms with Crippen molar-refractivity contribution < 1.29 is 22.8 Å². The molecule has 1 aliphatic rings. The van der Waals surface area contributed by atoms with Gasteiger partial charge in [0, 0.05) is 25.7 Å². The van der Waals surface area contributed by atoms with Gasteiger partial charge in [-0.15, -0.1) is 0 Å². The largest absolute Gasteiger partial charge is 0.355 e. The van der Waals surface area contributed by atoms with E-state index in [0.29, 0.717) is 44.4 Å². The number of nitrogens with zero attached hydrogens (tertiary/aromatic N) is 1. The Bertz CT molecular complexity index is 1240. The SMILES string of the molecule is CCc1ccc(CCNC(=O)C2(Cc3ccccc3)CCN(C(=O)c3cc(F)c(F)cc3F)CC2)cc1. The Morgan fingerprint density at radius 3 is 2.11 bits per heavy atom. The monoisotopic (exact) mass is 508 g/mol. The van der Waals surface area contributed by atoms with Crippen molar-refractivity contribution in [1.29, 1.82) is 0 Å². The average Bonchev–Trinajstić information content (AvgIpc) is 2.91. The van der Waals surface area contributed by atoms with E-state index in [1.54, 1.807) is 0 Å². The number of hydrogen-bond donors (Lipinski definition) is 1. The minimum absolute atomic E-state index is 0.0763. The first-order valence-corrected chi connectivity index (χ1v) is 12.6. The lowest BCUT2D eigenvalue weighted by molar-refractivity contribution is -0.133. The van der Waals surface area contributed by atoms with E-state index < -0.39 is 34.3 Å². The van der Waals surface area contributed by atoms with E-state index in [-0.39, 0.29) is 19.0 Å². The predicted octanol–water partition coefficient (Wildman–Crippen LogP) is 5.49. The molecular formula is C30H31F3N2O2. The van der Waals surface area contributed by atoms with Gasteiger partial charge in [0.1, 0.15) is 5.82 Å². The third-order valence-corrected chi connectivity index (χ3v) is 7.25. The molecule has 1 N–H and O–H groups in total. The minimum Gasteiger partial charge on any atom is -0.355 e. The van der Waals surface area contributed by atoms with Crippen LogP contribution in [0.1, 0.15) is 46.8 Å². The Hall–Kier alpha value is -3.61. The third-order valence-electron chi connectivity index (χ3n) is 7.25. The lowest BCUT2D eigenvalue weighted by Gasteiger charge is -2.41. The van der Waals surface area contributed by atoms with Crippen LogP contribution in [0.15, 0.2) is 66.7 Å². The molecule has 3 aromatic rings. The zero-order valence-electron chi connectivity index (χ0n) is 20.9. The van der Waals surface area contributed by atoms with Gasteiger partial charge in [-0.05, 0) is 54.9 Å². The molecular weight excluding hydrogens is 477 g/mol. The highest BCUT2D eigenvalue weighted by Crippen LogP contribution is 2.36. The molecule has 0 spiro atoms. The summed E-state index contributed by atoms with van der Waals surface area (Å²) in [4.78, 5) is 27.8.